The summed E-state index contributed by atoms with van der Waals surface area (Å²) in [5.41, 5.74) is 10.9. The molecule has 4 heterocycles. The molecule has 58 heavy (non-hydrogen) atoms. The van der Waals surface area contributed by atoms with E-state index in [2.05, 4.69) is 27.1 Å². The van der Waals surface area contributed by atoms with Crippen molar-refractivity contribution in [2.24, 2.45) is 28.4 Å². The van der Waals surface area contributed by atoms with Crippen LogP contribution in [0, 0.1) is 34.5 Å². The lowest BCUT2D eigenvalue weighted by Crippen LogP contribution is -2.51. The van der Waals surface area contributed by atoms with Crippen LogP contribution >= 0.6 is 0 Å². The minimum Gasteiger partial charge on any atom is -0.453 e. The molecule has 4 atom stereocenters. The van der Waals surface area contributed by atoms with E-state index >= 15 is 0 Å². The highest BCUT2D eigenvalue weighted by atomic mass is 16.5. The number of hydrogen-bond donors (Lipinski definition) is 4. The van der Waals surface area contributed by atoms with E-state index in [1.807, 2.05) is 79.2 Å². The number of rotatable bonds is 12. The zero-order chi connectivity index (χ0) is 40.8. The summed E-state index contributed by atoms with van der Waals surface area (Å²) >= 11 is 0. The minimum absolute atomic E-state index is 0.0766. The molecule has 4 fully saturated rings. The van der Waals surface area contributed by atoms with E-state index in [0.29, 0.717) is 19.4 Å². The molecular formula is C45H54N8O5. The topological polar surface area (TPSA) is 179 Å². The summed E-state index contributed by atoms with van der Waals surface area (Å²) in [5.74, 6) is 7.68. The summed E-state index contributed by atoms with van der Waals surface area (Å²) in [6.07, 6.45) is 10.1. The maximum absolute atomic E-state index is 13.9. The molecule has 4 aliphatic rings. The highest BCUT2D eigenvalue weighted by Gasteiger charge is 2.56. The van der Waals surface area contributed by atoms with E-state index in [1.54, 1.807) is 0 Å². The van der Waals surface area contributed by atoms with Crippen molar-refractivity contribution in [2.75, 3.05) is 20.2 Å². The maximum Gasteiger partial charge on any atom is 0.407 e. The third kappa shape index (κ3) is 8.20. The van der Waals surface area contributed by atoms with Crippen LogP contribution in [0.25, 0.3) is 22.3 Å². The largest absolute Gasteiger partial charge is 0.453 e. The first kappa shape index (κ1) is 39.2. The van der Waals surface area contributed by atoms with E-state index in [0.717, 1.165) is 103 Å². The highest BCUT2D eigenvalue weighted by Crippen LogP contribution is 2.59. The van der Waals surface area contributed by atoms with E-state index < -0.39 is 12.1 Å². The second kappa shape index (κ2) is 15.6. The second-order valence-electron chi connectivity index (χ2n) is 17.7. The number of imidazole rings is 2. The van der Waals surface area contributed by atoms with Gasteiger partial charge >= 0.3 is 6.09 Å². The Bertz CT molecular complexity index is 2270. The van der Waals surface area contributed by atoms with Gasteiger partial charge in [0.1, 0.15) is 17.7 Å². The zero-order valence-electron chi connectivity index (χ0n) is 33.9. The summed E-state index contributed by atoms with van der Waals surface area (Å²) in [5, 5.41) is 2.74. The van der Waals surface area contributed by atoms with Crippen molar-refractivity contribution in [1.29, 1.82) is 0 Å². The second-order valence-corrected chi connectivity index (χ2v) is 17.7. The van der Waals surface area contributed by atoms with E-state index in [9.17, 15) is 19.2 Å². The predicted molar refractivity (Wildman–Crippen MR) is 219 cm³/mol. The van der Waals surface area contributed by atoms with Crippen LogP contribution in [-0.4, -0.2) is 79.8 Å². The van der Waals surface area contributed by atoms with Gasteiger partial charge in [0.25, 0.3) is 0 Å². The Labute approximate surface area is 339 Å². The molecule has 5 N–H and O–H groups in total. The van der Waals surface area contributed by atoms with Crippen LogP contribution < -0.4 is 11.1 Å². The van der Waals surface area contributed by atoms with Gasteiger partial charge in [-0.15, -0.1) is 0 Å². The summed E-state index contributed by atoms with van der Waals surface area (Å²) in [4.78, 5) is 71.4. The first-order valence-corrected chi connectivity index (χ1v) is 20.8. The summed E-state index contributed by atoms with van der Waals surface area (Å²) in [6.45, 7) is 7.26. The Morgan fingerprint density at radius 2 is 1.52 bits per heavy atom. The van der Waals surface area contributed by atoms with Crippen molar-refractivity contribution in [1.82, 2.24) is 35.1 Å². The predicted octanol–water partition coefficient (Wildman–Crippen LogP) is 6.52. The van der Waals surface area contributed by atoms with Crippen molar-refractivity contribution in [3.8, 4) is 23.1 Å². The molecule has 2 aliphatic carbocycles. The molecule has 2 spiro atoms. The number of aromatic nitrogens is 4. The third-order valence-electron chi connectivity index (χ3n) is 12.9. The number of fused-ring (bicyclic) bond motifs is 1. The molecule has 0 unspecified atom stereocenters. The Morgan fingerprint density at radius 1 is 0.879 bits per heavy atom. The number of nitrogens with two attached hydrogens (primary N) is 1. The smallest absolute Gasteiger partial charge is 0.407 e. The number of hydrogen-bond acceptors (Lipinski definition) is 7. The number of benzene rings is 2. The van der Waals surface area contributed by atoms with Gasteiger partial charge in [-0.25, -0.2) is 14.8 Å². The van der Waals surface area contributed by atoms with Crippen molar-refractivity contribution < 1.29 is 23.9 Å². The van der Waals surface area contributed by atoms with Gasteiger partial charge in [0.15, 0.2) is 0 Å². The number of amides is 4. The Kier molecular flexibility index (Phi) is 10.5. The van der Waals surface area contributed by atoms with Crippen LogP contribution in [0.4, 0.5) is 4.79 Å². The lowest BCUT2D eigenvalue weighted by molar-refractivity contribution is -0.137. The van der Waals surface area contributed by atoms with Crippen LogP contribution in [0.1, 0.15) is 120 Å². The number of alkyl carbamates (subject to hydrolysis) is 1. The molecule has 2 aromatic carbocycles. The Balaban J connectivity index is 0.932. The zero-order valence-corrected chi connectivity index (χ0v) is 33.9. The maximum atomic E-state index is 13.9. The number of unbranched alkanes of at least 4 members (excludes halogenated alkanes) is 1. The molecule has 13 nitrogen and oxygen atoms in total. The molecule has 2 aliphatic heterocycles. The van der Waals surface area contributed by atoms with Crippen molar-refractivity contribution in [2.45, 2.75) is 103 Å². The molecule has 0 bridgehead atoms. The number of carbonyl (C=O) groups excluding carboxylic acids is 4. The Hall–Kier alpha value is -5.64. The molecule has 2 aromatic heterocycles. The van der Waals surface area contributed by atoms with Gasteiger partial charge in [0, 0.05) is 36.6 Å². The summed E-state index contributed by atoms with van der Waals surface area (Å²) in [6, 6.07) is 13.0. The van der Waals surface area contributed by atoms with Gasteiger partial charge in [0.2, 0.25) is 17.7 Å². The SMILES string of the molecule is COC(=O)N[C@H](C(=O)N1CC2(CC2)C[C@H]1c1nc2ccc(C#Cc3ccc(-c4cnc([C@@H]5CC6(CC6)CN5C(=O)[C@@H](C)CCCCC(N)=O)[nH]4)cc3)cc2[nH]1)C(C)C. The number of nitrogens with zero attached hydrogens (tertiary/aromatic N) is 4. The van der Waals surface area contributed by atoms with Gasteiger partial charge in [-0.3, -0.25) is 14.4 Å². The van der Waals surface area contributed by atoms with Gasteiger partial charge < -0.3 is 35.6 Å². The standard InChI is InChI=1S/C45H54N8O5/c1-27(2)38(51-43(57)58-4)42(56)53-26-45(19-20-45)23-36(53)40-48-32-16-13-30(21-33(32)49-40)10-9-29-11-14-31(15-12-29)34-24-47-39(50-34)35-22-44(17-18-44)25-52(35)41(55)28(3)7-5-6-8-37(46)54/h11-16,21,24,27-28,35-36,38H,5-8,17-20,22-23,25-26H2,1-4H3,(H2,46,54)(H,47,50)(H,48,49)(H,51,57)/t28-,35-,36-,38-/m0/s1. The fourth-order valence-electron chi connectivity index (χ4n) is 8.97. The molecule has 4 aromatic rings. The highest BCUT2D eigenvalue weighted by molar-refractivity contribution is 5.87. The fourth-order valence-corrected chi connectivity index (χ4v) is 8.97. The van der Waals surface area contributed by atoms with Gasteiger partial charge in [-0.05, 0) is 104 Å². The number of likely N-dealkylation sites (tertiary alicyclic amines) is 2. The van der Waals surface area contributed by atoms with Crippen LogP contribution in [-0.2, 0) is 19.1 Å². The summed E-state index contributed by atoms with van der Waals surface area (Å²) in [7, 11) is 1.30. The fraction of sp³-hybridized carbons (Fsp3) is 0.511. The summed E-state index contributed by atoms with van der Waals surface area (Å²) < 4.78 is 4.81. The first-order valence-electron chi connectivity index (χ1n) is 20.8. The van der Waals surface area contributed by atoms with Gasteiger partial charge in [0.05, 0.1) is 42.1 Å². The van der Waals surface area contributed by atoms with Crippen LogP contribution in [0.3, 0.4) is 0 Å². The molecular weight excluding hydrogens is 733 g/mol. The molecule has 4 amide bonds. The van der Waals surface area contributed by atoms with Gasteiger partial charge in [-0.2, -0.15) is 0 Å². The van der Waals surface area contributed by atoms with Crippen molar-refractivity contribution >= 4 is 34.8 Å². The van der Waals surface area contributed by atoms with E-state index in [4.69, 9.17) is 20.4 Å². The van der Waals surface area contributed by atoms with Crippen LogP contribution in [0.15, 0.2) is 48.7 Å². The number of ether oxygens (including phenoxy) is 1. The normalized spacial score (nSPS) is 20.9. The van der Waals surface area contributed by atoms with Crippen molar-refractivity contribution in [3.63, 3.8) is 0 Å². The molecule has 2 saturated carbocycles. The van der Waals surface area contributed by atoms with Gasteiger partial charge in [-0.1, -0.05) is 51.2 Å². The monoisotopic (exact) mass is 786 g/mol. The number of H-pyrrole nitrogens is 2. The van der Waals surface area contributed by atoms with Crippen molar-refractivity contribution in [3.05, 3.63) is 71.4 Å². The molecule has 2 saturated heterocycles. The molecule has 0 radical (unpaired) electrons. The van der Waals surface area contributed by atoms with Crippen LogP contribution in [0.2, 0.25) is 0 Å². The molecule has 8 rings (SSSR count). The van der Waals surface area contributed by atoms with Crippen LogP contribution in [0.5, 0.6) is 0 Å². The molecule has 304 valence electrons. The lowest BCUT2D eigenvalue weighted by atomic mass is 10.0. The number of nitrogens with one attached hydrogen (secondary N) is 3. The van der Waals surface area contributed by atoms with E-state index in [1.165, 1.54) is 7.11 Å². The number of primary amides is 1. The van der Waals surface area contributed by atoms with E-state index in [-0.39, 0.29) is 52.5 Å². The average molecular weight is 787 g/mol. The molecule has 13 heteroatoms. The Morgan fingerprint density at radius 3 is 2.16 bits per heavy atom. The number of aromatic amines is 2. The number of carbonyl (C=O) groups is 4. The minimum atomic E-state index is -0.691. The average Bonchev–Trinajstić information content (AvgIpc) is 3.83. The lowest BCUT2D eigenvalue weighted by Gasteiger charge is -2.30. The number of methoxy groups -OCH3 is 1. The third-order valence-corrected chi connectivity index (χ3v) is 12.9. The first-order chi connectivity index (χ1) is 27.8. The quantitative estimate of drug-likeness (QED) is 0.0932.